The molecule has 1 fully saturated rings. The molecule has 2 aromatic rings. The van der Waals surface area contributed by atoms with Crippen molar-refractivity contribution in [2.45, 2.75) is 33.1 Å². The first-order valence-corrected chi connectivity index (χ1v) is 11.0. The summed E-state index contributed by atoms with van der Waals surface area (Å²) in [6, 6.07) is 14.6. The van der Waals surface area contributed by atoms with Crippen LogP contribution in [0.2, 0.25) is 0 Å². The fourth-order valence-corrected chi connectivity index (χ4v) is 4.96. The molecule has 2 aromatic carbocycles. The molecule has 1 amide bonds. The van der Waals surface area contributed by atoms with Crippen molar-refractivity contribution in [1.82, 2.24) is 0 Å². The molecular formula is C21H26N2O3S. The van der Waals surface area contributed by atoms with Crippen molar-refractivity contribution in [2.24, 2.45) is 5.92 Å². The maximum atomic E-state index is 12.7. The van der Waals surface area contributed by atoms with Crippen LogP contribution in [-0.2, 0) is 16.4 Å². The average Bonchev–Trinajstić information content (AvgIpc) is 2.61. The Hall–Kier alpha value is -2.34. The normalized spacial score (nSPS) is 16.3. The maximum absolute atomic E-state index is 12.7. The summed E-state index contributed by atoms with van der Waals surface area (Å²) in [4.78, 5) is 12.7. The van der Waals surface area contributed by atoms with E-state index in [0.29, 0.717) is 30.1 Å². The monoisotopic (exact) mass is 386 g/mol. The van der Waals surface area contributed by atoms with Gasteiger partial charge >= 0.3 is 0 Å². The van der Waals surface area contributed by atoms with Crippen LogP contribution in [0.1, 0.15) is 42.6 Å². The zero-order chi connectivity index (χ0) is 19.4. The Morgan fingerprint density at radius 2 is 1.89 bits per heavy atom. The van der Waals surface area contributed by atoms with E-state index in [1.54, 1.807) is 24.3 Å². The molecule has 0 saturated carbocycles. The molecule has 0 unspecified atom stereocenters. The topological polar surface area (TPSA) is 66.5 Å². The number of nitrogens with zero attached hydrogens (tertiary/aromatic N) is 1. The summed E-state index contributed by atoms with van der Waals surface area (Å²) >= 11 is 0. The number of carbonyl (C=O) groups excluding carboxylic acids is 1. The highest BCUT2D eigenvalue weighted by Gasteiger charge is 2.26. The van der Waals surface area contributed by atoms with Crippen LogP contribution in [0.5, 0.6) is 0 Å². The van der Waals surface area contributed by atoms with Crippen molar-refractivity contribution < 1.29 is 13.2 Å². The number of amides is 1. The van der Waals surface area contributed by atoms with Crippen molar-refractivity contribution in [1.29, 1.82) is 0 Å². The Bertz CT molecular complexity index is 923. The first kappa shape index (κ1) is 19.4. The molecule has 1 aliphatic rings. The summed E-state index contributed by atoms with van der Waals surface area (Å²) in [7, 11) is -3.29. The minimum absolute atomic E-state index is 0.159. The van der Waals surface area contributed by atoms with Crippen LogP contribution in [-0.4, -0.2) is 26.6 Å². The summed E-state index contributed by atoms with van der Waals surface area (Å²) in [5.74, 6) is 0.457. The molecule has 0 atom stereocenters. The predicted molar refractivity (Wildman–Crippen MR) is 110 cm³/mol. The lowest BCUT2D eigenvalue weighted by molar-refractivity contribution is 0.102. The summed E-state index contributed by atoms with van der Waals surface area (Å²) in [6.07, 6.45) is 2.47. The van der Waals surface area contributed by atoms with Crippen molar-refractivity contribution in [2.75, 3.05) is 21.9 Å². The smallest absolute Gasteiger partial charge is 0.255 e. The van der Waals surface area contributed by atoms with Crippen LogP contribution in [0.25, 0.3) is 0 Å². The van der Waals surface area contributed by atoms with E-state index in [4.69, 9.17) is 0 Å². The quantitative estimate of drug-likeness (QED) is 0.842. The van der Waals surface area contributed by atoms with Gasteiger partial charge in [-0.15, -0.1) is 0 Å². The minimum atomic E-state index is -3.29. The number of anilines is 2. The largest absolute Gasteiger partial charge is 0.322 e. The van der Waals surface area contributed by atoms with E-state index in [1.165, 1.54) is 9.87 Å². The Morgan fingerprint density at radius 3 is 2.63 bits per heavy atom. The highest BCUT2D eigenvalue weighted by Crippen LogP contribution is 2.25. The third kappa shape index (κ3) is 4.89. The molecule has 0 bridgehead atoms. The predicted octanol–water partition coefficient (Wildman–Crippen LogP) is 4.07. The van der Waals surface area contributed by atoms with Gasteiger partial charge in [-0.25, -0.2) is 8.42 Å². The zero-order valence-corrected chi connectivity index (χ0v) is 16.6. The second-order valence-corrected chi connectivity index (χ2v) is 9.41. The number of carbonyl (C=O) groups is 1. The molecule has 144 valence electrons. The van der Waals surface area contributed by atoms with E-state index >= 15 is 0 Å². The minimum Gasteiger partial charge on any atom is -0.322 e. The number of benzene rings is 2. The van der Waals surface area contributed by atoms with Crippen LogP contribution in [0, 0.1) is 5.92 Å². The van der Waals surface area contributed by atoms with Gasteiger partial charge < -0.3 is 5.32 Å². The van der Waals surface area contributed by atoms with E-state index < -0.39 is 10.0 Å². The van der Waals surface area contributed by atoms with Gasteiger partial charge in [0.05, 0.1) is 11.4 Å². The van der Waals surface area contributed by atoms with Crippen LogP contribution < -0.4 is 9.62 Å². The van der Waals surface area contributed by atoms with Crippen LogP contribution in [0.4, 0.5) is 11.4 Å². The Labute approximate surface area is 161 Å². The molecular weight excluding hydrogens is 360 g/mol. The zero-order valence-electron chi connectivity index (χ0n) is 15.8. The average molecular weight is 387 g/mol. The van der Waals surface area contributed by atoms with Gasteiger partial charge in [-0.2, -0.15) is 0 Å². The van der Waals surface area contributed by atoms with Crippen molar-refractivity contribution >= 4 is 27.3 Å². The third-order valence-corrected chi connectivity index (χ3v) is 6.44. The molecule has 6 heteroatoms. The number of rotatable bonds is 5. The lowest BCUT2D eigenvalue weighted by Gasteiger charge is -2.28. The molecule has 1 aliphatic heterocycles. The lowest BCUT2D eigenvalue weighted by atomic mass is 10.0. The summed E-state index contributed by atoms with van der Waals surface area (Å²) in [6.45, 7) is 4.78. The van der Waals surface area contributed by atoms with E-state index in [1.807, 2.05) is 18.2 Å². The van der Waals surface area contributed by atoms with Gasteiger partial charge in [0, 0.05) is 17.8 Å². The molecule has 0 aromatic heterocycles. The lowest BCUT2D eigenvalue weighted by Crippen LogP contribution is -2.37. The number of sulfonamides is 1. The van der Waals surface area contributed by atoms with Gasteiger partial charge in [0.2, 0.25) is 10.0 Å². The van der Waals surface area contributed by atoms with Gasteiger partial charge in [0.1, 0.15) is 0 Å². The number of hydrogen-bond acceptors (Lipinski definition) is 3. The molecule has 5 nitrogen and oxygen atoms in total. The highest BCUT2D eigenvalue weighted by molar-refractivity contribution is 7.92. The van der Waals surface area contributed by atoms with Gasteiger partial charge in [-0.3, -0.25) is 9.10 Å². The first-order valence-electron chi connectivity index (χ1n) is 9.36. The van der Waals surface area contributed by atoms with E-state index in [2.05, 4.69) is 25.2 Å². The van der Waals surface area contributed by atoms with Gasteiger partial charge in [0.25, 0.3) is 5.91 Å². The van der Waals surface area contributed by atoms with Gasteiger partial charge in [-0.05, 0) is 61.1 Å². The third-order valence-electron chi connectivity index (χ3n) is 4.57. The highest BCUT2D eigenvalue weighted by atomic mass is 32.2. The molecule has 0 spiro atoms. The molecule has 1 N–H and O–H groups in total. The molecule has 27 heavy (non-hydrogen) atoms. The van der Waals surface area contributed by atoms with Crippen molar-refractivity contribution in [3.05, 3.63) is 59.7 Å². The van der Waals surface area contributed by atoms with E-state index in [-0.39, 0.29) is 11.7 Å². The van der Waals surface area contributed by atoms with Crippen LogP contribution in [0.3, 0.4) is 0 Å². The Balaban J connectivity index is 1.78. The molecule has 0 radical (unpaired) electrons. The fourth-order valence-electron chi connectivity index (χ4n) is 3.33. The number of hydrogen-bond donors (Lipinski definition) is 1. The SMILES string of the molecule is CC(C)Cc1cccc(NC(=O)c2cccc(N3CCCCS3(=O)=O)c2)c1. The van der Waals surface area contributed by atoms with Crippen molar-refractivity contribution in [3.63, 3.8) is 0 Å². The molecule has 0 aliphatic carbocycles. The van der Waals surface area contributed by atoms with E-state index in [9.17, 15) is 13.2 Å². The van der Waals surface area contributed by atoms with E-state index in [0.717, 1.165) is 18.5 Å². The Kier molecular flexibility index (Phi) is 5.85. The van der Waals surface area contributed by atoms with Crippen LogP contribution >= 0.6 is 0 Å². The van der Waals surface area contributed by atoms with Crippen LogP contribution in [0.15, 0.2) is 48.5 Å². The molecule has 3 rings (SSSR count). The van der Waals surface area contributed by atoms with Gasteiger partial charge in [-0.1, -0.05) is 32.0 Å². The van der Waals surface area contributed by atoms with Crippen molar-refractivity contribution in [3.8, 4) is 0 Å². The number of nitrogens with one attached hydrogen (secondary N) is 1. The second kappa shape index (κ2) is 8.13. The second-order valence-electron chi connectivity index (χ2n) is 7.40. The summed E-state index contributed by atoms with van der Waals surface area (Å²) < 4.78 is 26.0. The Morgan fingerprint density at radius 1 is 1.11 bits per heavy atom. The maximum Gasteiger partial charge on any atom is 0.255 e. The fraction of sp³-hybridized carbons (Fsp3) is 0.381. The van der Waals surface area contributed by atoms with Gasteiger partial charge in [0.15, 0.2) is 0 Å². The molecule has 1 saturated heterocycles. The molecule has 1 heterocycles. The first-order chi connectivity index (χ1) is 12.8. The summed E-state index contributed by atoms with van der Waals surface area (Å²) in [5.41, 5.74) is 2.92. The standard InChI is InChI=1S/C21H26N2O3S/c1-16(2)13-17-7-5-9-19(14-17)22-21(24)18-8-6-10-20(15-18)23-11-3-4-12-27(23,25)26/h5-10,14-16H,3-4,11-13H2,1-2H3,(H,22,24). The summed E-state index contributed by atoms with van der Waals surface area (Å²) in [5, 5.41) is 2.92.